The lowest BCUT2D eigenvalue weighted by atomic mass is 10.2. The summed E-state index contributed by atoms with van der Waals surface area (Å²) in [6.07, 6.45) is 0.603. The Hall–Kier alpha value is -0.680. The number of hydrogen-bond acceptors (Lipinski definition) is 2. The van der Waals surface area contributed by atoms with Crippen LogP contribution in [0.5, 0.6) is 0 Å². The number of halogens is 3. The molecular formula is C9H10F3NS. The molecule has 1 nitrogen and oxygen atoms in total. The third-order valence-corrected chi connectivity index (χ3v) is 2.29. The molecule has 0 bridgehead atoms. The lowest BCUT2D eigenvalue weighted by Crippen LogP contribution is -2.03. The molecule has 78 valence electrons. The van der Waals surface area contributed by atoms with Crippen molar-refractivity contribution in [2.75, 3.05) is 6.54 Å². The summed E-state index contributed by atoms with van der Waals surface area (Å²) < 4.78 is 36.0. The molecule has 0 unspecified atom stereocenters. The summed E-state index contributed by atoms with van der Waals surface area (Å²) in [6, 6.07) is 6.34. The van der Waals surface area contributed by atoms with Gasteiger partial charge in [0, 0.05) is 4.90 Å². The predicted molar refractivity (Wildman–Crippen MR) is 51.1 cm³/mol. The van der Waals surface area contributed by atoms with E-state index in [-0.39, 0.29) is 16.7 Å². The Morgan fingerprint density at radius 3 is 2.57 bits per heavy atom. The predicted octanol–water partition coefficient (Wildman–Crippen LogP) is 2.80. The maximum Gasteiger partial charge on any atom is 0.446 e. The molecule has 1 aromatic carbocycles. The van der Waals surface area contributed by atoms with Gasteiger partial charge in [0.25, 0.3) is 0 Å². The van der Waals surface area contributed by atoms with Gasteiger partial charge in [0.05, 0.1) is 0 Å². The minimum atomic E-state index is -4.22. The Kier molecular flexibility index (Phi) is 3.83. The summed E-state index contributed by atoms with van der Waals surface area (Å²) >= 11 is -0.100. The van der Waals surface area contributed by atoms with E-state index in [1.165, 1.54) is 12.1 Å². The van der Waals surface area contributed by atoms with Crippen LogP contribution >= 0.6 is 11.8 Å². The van der Waals surface area contributed by atoms with E-state index in [1.807, 2.05) is 0 Å². The highest BCUT2D eigenvalue weighted by Gasteiger charge is 2.29. The molecule has 1 aromatic rings. The summed E-state index contributed by atoms with van der Waals surface area (Å²) in [5, 5.41) is 0. The van der Waals surface area contributed by atoms with Gasteiger partial charge in [-0.15, -0.1) is 0 Å². The van der Waals surface area contributed by atoms with Crippen LogP contribution < -0.4 is 5.73 Å². The highest BCUT2D eigenvalue weighted by molar-refractivity contribution is 8.00. The maximum absolute atomic E-state index is 12.0. The van der Waals surface area contributed by atoms with Crippen LogP contribution in [0.1, 0.15) is 5.56 Å². The van der Waals surface area contributed by atoms with Crippen LogP contribution in [-0.4, -0.2) is 12.1 Å². The van der Waals surface area contributed by atoms with E-state index in [1.54, 1.807) is 12.1 Å². The summed E-state index contributed by atoms with van der Waals surface area (Å²) in [6.45, 7) is 0.445. The first-order valence-electron chi connectivity index (χ1n) is 4.06. The van der Waals surface area contributed by atoms with Gasteiger partial charge < -0.3 is 5.73 Å². The molecule has 14 heavy (non-hydrogen) atoms. The van der Waals surface area contributed by atoms with Crippen LogP contribution in [0.2, 0.25) is 0 Å². The second-order valence-corrected chi connectivity index (χ2v) is 3.87. The molecule has 0 radical (unpaired) electrons. The Morgan fingerprint density at radius 1 is 1.29 bits per heavy atom. The van der Waals surface area contributed by atoms with E-state index in [9.17, 15) is 13.2 Å². The standard InChI is InChI=1S/C9H10F3NS/c10-9(11,12)14-8-3-1-2-7(6-8)4-5-13/h1-3,6H,4-5,13H2. The number of rotatable bonds is 3. The van der Waals surface area contributed by atoms with Crippen molar-refractivity contribution in [3.63, 3.8) is 0 Å². The minimum Gasteiger partial charge on any atom is -0.330 e. The first-order chi connectivity index (χ1) is 6.51. The van der Waals surface area contributed by atoms with E-state index < -0.39 is 5.51 Å². The zero-order chi connectivity index (χ0) is 10.6. The smallest absolute Gasteiger partial charge is 0.330 e. The van der Waals surface area contributed by atoms with Crippen molar-refractivity contribution in [1.29, 1.82) is 0 Å². The third kappa shape index (κ3) is 4.02. The molecule has 1 rings (SSSR count). The molecule has 0 amide bonds. The Bertz CT molecular complexity index is 298. The van der Waals surface area contributed by atoms with Gasteiger partial charge in [-0.3, -0.25) is 0 Å². The Morgan fingerprint density at radius 2 is 2.00 bits per heavy atom. The van der Waals surface area contributed by atoms with Crippen LogP contribution in [0.4, 0.5) is 13.2 Å². The van der Waals surface area contributed by atoms with Crippen molar-refractivity contribution in [2.24, 2.45) is 5.73 Å². The van der Waals surface area contributed by atoms with Gasteiger partial charge in [0.2, 0.25) is 0 Å². The lowest BCUT2D eigenvalue weighted by Gasteiger charge is -2.06. The molecule has 0 aliphatic heterocycles. The number of benzene rings is 1. The van der Waals surface area contributed by atoms with Crippen molar-refractivity contribution < 1.29 is 13.2 Å². The van der Waals surface area contributed by atoms with Gasteiger partial charge in [-0.25, -0.2) is 0 Å². The molecule has 0 saturated heterocycles. The number of alkyl halides is 3. The lowest BCUT2D eigenvalue weighted by molar-refractivity contribution is -0.0328. The number of hydrogen-bond donors (Lipinski definition) is 1. The number of nitrogens with two attached hydrogens (primary N) is 1. The van der Waals surface area contributed by atoms with Gasteiger partial charge in [0.1, 0.15) is 0 Å². The zero-order valence-corrected chi connectivity index (χ0v) is 8.16. The normalized spacial score (nSPS) is 11.7. The summed E-state index contributed by atoms with van der Waals surface area (Å²) in [7, 11) is 0. The van der Waals surface area contributed by atoms with E-state index in [0.29, 0.717) is 13.0 Å². The molecule has 0 fully saturated rings. The highest BCUT2D eigenvalue weighted by atomic mass is 32.2. The number of thioether (sulfide) groups is 1. The largest absolute Gasteiger partial charge is 0.446 e. The van der Waals surface area contributed by atoms with Crippen LogP contribution in [0, 0.1) is 0 Å². The second kappa shape index (κ2) is 4.70. The highest BCUT2D eigenvalue weighted by Crippen LogP contribution is 2.36. The van der Waals surface area contributed by atoms with Crippen LogP contribution in [0.25, 0.3) is 0 Å². The minimum absolute atomic E-state index is 0.100. The zero-order valence-electron chi connectivity index (χ0n) is 7.34. The Labute approximate surface area is 84.5 Å². The van der Waals surface area contributed by atoms with Crippen LogP contribution in [0.15, 0.2) is 29.2 Å². The van der Waals surface area contributed by atoms with Crippen molar-refractivity contribution in [2.45, 2.75) is 16.8 Å². The van der Waals surface area contributed by atoms with Crippen LogP contribution in [0.3, 0.4) is 0 Å². The fourth-order valence-corrected chi connectivity index (χ4v) is 1.69. The summed E-state index contributed by atoms with van der Waals surface area (Å²) in [5.74, 6) is 0. The fourth-order valence-electron chi connectivity index (χ4n) is 1.06. The molecule has 0 saturated carbocycles. The molecule has 5 heteroatoms. The van der Waals surface area contributed by atoms with E-state index >= 15 is 0 Å². The van der Waals surface area contributed by atoms with Gasteiger partial charge in [-0.05, 0) is 42.4 Å². The molecule has 0 aromatic heterocycles. The molecule has 2 N–H and O–H groups in total. The molecule has 0 heterocycles. The van der Waals surface area contributed by atoms with Gasteiger partial charge >= 0.3 is 5.51 Å². The van der Waals surface area contributed by atoms with Crippen molar-refractivity contribution in [1.82, 2.24) is 0 Å². The topological polar surface area (TPSA) is 26.0 Å². The maximum atomic E-state index is 12.0. The van der Waals surface area contributed by atoms with Crippen LogP contribution in [-0.2, 0) is 6.42 Å². The monoisotopic (exact) mass is 221 g/mol. The quantitative estimate of drug-likeness (QED) is 0.794. The third-order valence-electron chi connectivity index (χ3n) is 1.57. The van der Waals surface area contributed by atoms with E-state index in [0.717, 1.165) is 5.56 Å². The first kappa shape index (κ1) is 11.4. The first-order valence-corrected chi connectivity index (χ1v) is 4.87. The molecular weight excluding hydrogens is 211 g/mol. The average Bonchev–Trinajstić information content (AvgIpc) is 2.02. The fraction of sp³-hybridized carbons (Fsp3) is 0.333. The second-order valence-electron chi connectivity index (χ2n) is 2.73. The van der Waals surface area contributed by atoms with E-state index in [4.69, 9.17) is 5.73 Å². The average molecular weight is 221 g/mol. The molecule has 0 aliphatic carbocycles. The summed E-state index contributed by atoms with van der Waals surface area (Å²) in [5.41, 5.74) is 1.92. The van der Waals surface area contributed by atoms with Crippen molar-refractivity contribution in [3.05, 3.63) is 29.8 Å². The molecule has 0 spiro atoms. The van der Waals surface area contributed by atoms with Gasteiger partial charge in [-0.2, -0.15) is 13.2 Å². The summed E-state index contributed by atoms with van der Waals surface area (Å²) in [4.78, 5) is 0.212. The molecule has 0 atom stereocenters. The van der Waals surface area contributed by atoms with Crippen molar-refractivity contribution >= 4 is 11.8 Å². The van der Waals surface area contributed by atoms with Crippen molar-refractivity contribution in [3.8, 4) is 0 Å². The molecule has 0 aliphatic rings. The Balaban J connectivity index is 2.73. The van der Waals surface area contributed by atoms with Gasteiger partial charge in [-0.1, -0.05) is 12.1 Å². The van der Waals surface area contributed by atoms with E-state index in [2.05, 4.69) is 0 Å². The SMILES string of the molecule is NCCc1cccc(SC(F)(F)F)c1. The van der Waals surface area contributed by atoms with Gasteiger partial charge in [0.15, 0.2) is 0 Å².